The van der Waals surface area contributed by atoms with Gasteiger partial charge < -0.3 is 4.74 Å². The van der Waals surface area contributed by atoms with E-state index >= 15 is 0 Å². The van der Waals surface area contributed by atoms with E-state index in [-0.39, 0.29) is 0 Å². The fourth-order valence-corrected chi connectivity index (χ4v) is 4.67. The van der Waals surface area contributed by atoms with E-state index in [9.17, 15) is 8.78 Å². The predicted molar refractivity (Wildman–Crippen MR) is 93.0 cm³/mol. The maximum absolute atomic E-state index is 13.2. The quantitative estimate of drug-likeness (QED) is 0.607. The summed E-state index contributed by atoms with van der Waals surface area (Å²) in [6.45, 7) is 2.95. The third-order valence-electron chi connectivity index (χ3n) is 6.40. The van der Waals surface area contributed by atoms with Gasteiger partial charge in [-0.15, -0.1) is 0 Å². The lowest BCUT2D eigenvalue weighted by Gasteiger charge is -2.37. The van der Waals surface area contributed by atoms with E-state index in [2.05, 4.69) is 6.92 Å². The van der Waals surface area contributed by atoms with Gasteiger partial charge in [0.15, 0.2) is 11.6 Å². The number of benzene rings is 1. The summed E-state index contributed by atoms with van der Waals surface area (Å²) in [6, 6.07) is 3.79. The molecule has 0 saturated heterocycles. The van der Waals surface area contributed by atoms with Crippen molar-refractivity contribution in [2.75, 3.05) is 6.61 Å². The second kappa shape index (κ2) is 8.31. The minimum atomic E-state index is -0.834. The summed E-state index contributed by atoms with van der Waals surface area (Å²) < 4.78 is 31.8. The number of hydrogen-bond acceptors (Lipinski definition) is 1. The Morgan fingerprint density at radius 2 is 1.42 bits per heavy atom. The van der Waals surface area contributed by atoms with E-state index in [1.165, 1.54) is 63.9 Å². The van der Waals surface area contributed by atoms with Gasteiger partial charge in [-0.2, -0.15) is 0 Å². The molecule has 3 heteroatoms. The molecule has 0 aliphatic heterocycles. The highest BCUT2D eigenvalue weighted by atomic mass is 19.2. The van der Waals surface area contributed by atoms with Crippen LogP contribution in [0.3, 0.4) is 0 Å². The molecule has 0 unspecified atom stereocenters. The van der Waals surface area contributed by atoms with Crippen LogP contribution in [0.5, 0.6) is 5.75 Å². The van der Waals surface area contributed by atoms with Crippen molar-refractivity contribution in [1.82, 2.24) is 0 Å². The van der Waals surface area contributed by atoms with Crippen LogP contribution in [0.4, 0.5) is 8.78 Å². The van der Waals surface area contributed by atoms with Crippen LogP contribution in [0.25, 0.3) is 0 Å². The summed E-state index contributed by atoms with van der Waals surface area (Å²) in [4.78, 5) is 0. The summed E-state index contributed by atoms with van der Waals surface area (Å²) in [5.41, 5.74) is 0. The standard InChI is InChI=1S/C21H30F2O/c1-2-15-3-7-17(8-4-15)18-9-5-16(6-10-18)14-24-19-11-12-20(22)21(23)13-19/h11-13,15-18H,2-10,14H2,1H3. The molecule has 3 rings (SSSR count). The lowest BCUT2D eigenvalue weighted by molar-refractivity contribution is 0.123. The number of ether oxygens (including phenoxy) is 1. The first-order chi connectivity index (χ1) is 11.7. The van der Waals surface area contributed by atoms with Gasteiger partial charge in [0.25, 0.3) is 0 Å². The predicted octanol–water partition coefficient (Wildman–Crippen LogP) is 6.37. The van der Waals surface area contributed by atoms with Crippen molar-refractivity contribution >= 4 is 0 Å². The van der Waals surface area contributed by atoms with Crippen LogP contribution >= 0.6 is 0 Å². The Morgan fingerprint density at radius 3 is 1.96 bits per heavy atom. The average Bonchev–Trinajstić information content (AvgIpc) is 2.63. The van der Waals surface area contributed by atoms with E-state index in [0.29, 0.717) is 18.3 Å². The molecule has 2 aliphatic rings. The SMILES string of the molecule is CCC1CCC(C2CCC(COc3ccc(F)c(F)c3)CC2)CC1. The van der Waals surface area contributed by atoms with E-state index in [4.69, 9.17) is 4.74 Å². The summed E-state index contributed by atoms with van der Waals surface area (Å²) in [6.07, 6.45) is 12.1. The van der Waals surface area contributed by atoms with Crippen LogP contribution in [-0.4, -0.2) is 6.61 Å². The van der Waals surface area contributed by atoms with Crippen molar-refractivity contribution in [3.8, 4) is 5.75 Å². The summed E-state index contributed by atoms with van der Waals surface area (Å²) in [5.74, 6) is 2.17. The van der Waals surface area contributed by atoms with Crippen molar-refractivity contribution in [2.24, 2.45) is 23.7 Å². The molecule has 0 heterocycles. The van der Waals surface area contributed by atoms with E-state index in [1.54, 1.807) is 0 Å². The Bertz CT molecular complexity index is 515. The topological polar surface area (TPSA) is 9.23 Å². The van der Waals surface area contributed by atoms with Crippen LogP contribution < -0.4 is 4.74 Å². The van der Waals surface area contributed by atoms with Crippen LogP contribution in [0.15, 0.2) is 18.2 Å². The second-order valence-corrected chi connectivity index (χ2v) is 7.86. The number of halogens is 2. The van der Waals surface area contributed by atoms with Gasteiger partial charge in [-0.05, 0) is 74.3 Å². The average molecular weight is 336 g/mol. The maximum Gasteiger partial charge on any atom is 0.162 e. The van der Waals surface area contributed by atoms with Gasteiger partial charge in [0.05, 0.1) is 6.61 Å². The lowest BCUT2D eigenvalue weighted by Crippen LogP contribution is -2.27. The monoisotopic (exact) mass is 336 g/mol. The summed E-state index contributed by atoms with van der Waals surface area (Å²) in [5, 5.41) is 0. The zero-order chi connectivity index (χ0) is 16.9. The van der Waals surface area contributed by atoms with Gasteiger partial charge in [0.2, 0.25) is 0 Å². The molecule has 2 saturated carbocycles. The highest BCUT2D eigenvalue weighted by Gasteiger charge is 2.30. The lowest BCUT2D eigenvalue weighted by atomic mass is 9.69. The molecule has 24 heavy (non-hydrogen) atoms. The number of hydrogen-bond donors (Lipinski definition) is 0. The van der Waals surface area contributed by atoms with Crippen molar-refractivity contribution in [3.05, 3.63) is 29.8 Å². The van der Waals surface area contributed by atoms with Crippen molar-refractivity contribution in [2.45, 2.75) is 64.7 Å². The number of rotatable bonds is 5. The van der Waals surface area contributed by atoms with Crippen molar-refractivity contribution < 1.29 is 13.5 Å². The van der Waals surface area contributed by atoms with Gasteiger partial charge in [-0.25, -0.2) is 8.78 Å². The Kier molecular flexibility index (Phi) is 6.13. The molecule has 0 atom stereocenters. The Balaban J connectivity index is 1.40. The molecule has 1 nitrogen and oxygen atoms in total. The van der Waals surface area contributed by atoms with Gasteiger partial charge in [-0.3, -0.25) is 0 Å². The summed E-state index contributed by atoms with van der Waals surface area (Å²) >= 11 is 0. The zero-order valence-corrected chi connectivity index (χ0v) is 14.8. The molecule has 0 bridgehead atoms. The molecule has 0 radical (unpaired) electrons. The van der Waals surface area contributed by atoms with Crippen LogP contribution in [-0.2, 0) is 0 Å². The molecule has 134 valence electrons. The molecule has 0 spiro atoms. The van der Waals surface area contributed by atoms with Crippen LogP contribution in [0.2, 0.25) is 0 Å². The molecule has 0 N–H and O–H groups in total. The zero-order valence-electron chi connectivity index (χ0n) is 14.8. The first kappa shape index (κ1) is 17.7. The van der Waals surface area contributed by atoms with Gasteiger partial charge in [0, 0.05) is 6.07 Å². The molecular formula is C21H30F2O. The minimum Gasteiger partial charge on any atom is -0.493 e. The first-order valence-corrected chi connectivity index (χ1v) is 9.73. The van der Waals surface area contributed by atoms with Crippen molar-refractivity contribution in [1.29, 1.82) is 0 Å². The van der Waals surface area contributed by atoms with E-state index in [0.717, 1.165) is 29.9 Å². The fraction of sp³-hybridized carbons (Fsp3) is 0.714. The van der Waals surface area contributed by atoms with E-state index < -0.39 is 11.6 Å². The molecule has 2 fully saturated rings. The Hall–Kier alpha value is -1.12. The van der Waals surface area contributed by atoms with Crippen molar-refractivity contribution in [3.63, 3.8) is 0 Å². The normalized spacial score (nSPS) is 31.0. The molecule has 1 aromatic carbocycles. The molecule has 0 amide bonds. The Morgan fingerprint density at radius 1 is 0.833 bits per heavy atom. The van der Waals surface area contributed by atoms with Crippen LogP contribution in [0, 0.1) is 35.3 Å². The van der Waals surface area contributed by atoms with E-state index in [1.807, 2.05) is 0 Å². The van der Waals surface area contributed by atoms with Gasteiger partial charge in [-0.1, -0.05) is 26.2 Å². The highest BCUT2D eigenvalue weighted by molar-refractivity contribution is 5.23. The van der Waals surface area contributed by atoms with Gasteiger partial charge >= 0.3 is 0 Å². The second-order valence-electron chi connectivity index (χ2n) is 7.86. The minimum absolute atomic E-state index is 0.439. The van der Waals surface area contributed by atoms with Gasteiger partial charge in [0.1, 0.15) is 5.75 Å². The largest absolute Gasteiger partial charge is 0.493 e. The Labute approximate surface area is 144 Å². The molecule has 0 aromatic heterocycles. The molecular weight excluding hydrogens is 306 g/mol. The highest BCUT2D eigenvalue weighted by Crippen LogP contribution is 2.42. The fourth-order valence-electron chi connectivity index (χ4n) is 4.67. The van der Waals surface area contributed by atoms with Crippen LogP contribution in [0.1, 0.15) is 64.7 Å². The third-order valence-corrected chi connectivity index (χ3v) is 6.40. The first-order valence-electron chi connectivity index (χ1n) is 9.73. The molecule has 1 aromatic rings. The third kappa shape index (κ3) is 4.49. The summed E-state index contributed by atoms with van der Waals surface area (Å²) in [7, 11) is 0. The maximum atomic E-state index is 13.2. The molecule has 2 aliphatic carbocycles. The smallest absolute Gasteiger partial charge is 0.162 e.